The highest BCUT2D eigenvalue weighted by Gasteiger charge is 2.17. The molecule has 1 unspecified atom stereocenters. The number of halogens is 2. The maximum Gasteiger partial charge on any atom is 0.265 e. The van der Waals surface area contributed by atoms with Crippen molar-refractivity contribution >= 4 is 46.4 Å². The molecule has 5 nitrogen and oxygen atoms in total. The lowest BCUT2D eigenvalue weighted by molar-refractivity contribution is -0.122. The van der Waals surface area contributed by atoms with Crippen molar-refractivity contribution in [2.24, 2.45) is 0 Å². The Bertz CT molecular complexity index is 1070. The van der Waals surface area contributed by atoms with Crippen LogP contribution in [-0.4, -0.2) is 17.9 Å². The molecule has 2 N–H and O–H groups in total. The maximum atomic E-state index is 12.5. The summed E-state index contributed by atoms with van der Waals surface area (Å²) < 4.78 is 5.63. The zero-order valence-electron chi connectivity index (χ0n) is 16.4. The van der Waals surface area contributed by atoms with E-state index in [4.69, 9.17) is 27.9 Å². The minimum absolute atomic E-state index is 0.197. The fraction of sp³-hybridized carbons (Fsp3) is 0.130. The first-order chi connectivity index (χ1) is 14.3. The number of nitrogens with one attached hydrogen (secondary N) is 2. The van der Waals surface area contributed by atoms with Gasteiger partial charge < -0.3 is 15.4 Å². The number of ether oxygens (including phenoxy) is 1. The van der Waals surface area contributed by atoms with Gasteiger partial charge in [-0.15, -0.1) is 0 Å². The Labute approximate surface area is 185 Å². The molecule has 0 aromatic heterocycles. The Balaban J connectivity index is 1.63. The molecule has 0 heterocycles. The third-order valence-electron chi connectivity index (χ3n) is 4.35. The smallest absolute Gasteiger partial charge is 0.265 e. The molecular formula is C23H20Cl2N2O3. The molecule has 0 saturated carbocycles. The van der Waals surface area contributed by atoms with E-state index in [2.05, 4.69) is 10.6 Å². The summed E-state index contributed by atoms with van der Waals surface area (Å²) in [7, 11) is 0. The van der Waals surface area contributed by atoms with Gasteiger partial charge in [0.05, 0.1) is 5.02 Å². The van der Waals surface area contributed by atoms with Gasteiger partial charge in [-0.3, -0.25) is 9.59 Å². The summed E-state index contributed by atoms with van der Waals surface area (Å²) in [5.74, 6) is -0.155. The highest BCUT2D eigenvalue weighted by molar-refractivity contribution is 6.35. The van der Waals surface area contributed by atoms with Gasteiger partial charge in [0.1, 0.15) is 5.75 Å². The Morgan fingerprint density at radius 1 is 0.933 bits per heavy atom. The van der Waals surface area contributed by atoms with E-state index in [9.17, 15) is 9.59 Å². The monoisotopic (exact) mass is 442 g/mol. The molecule has 0 saturated heterocycles. The van der Waals surface area contributed by atoms with Crippen LogP contribution in [0.25, 0.3) is 0 Å². The molecule has 2 amide bonds. The van der Waals surface area contributed by atoms with Gasteiger partial charge in [-0.2, -0.15) is 0 Å². The van der Waals surface area contributed by atoms with Crippen molar-refractivity contribution in [1.82, 2.24) is 0 Å². The van der Waals surface area contributed by atoms with Gasteiger partial charge in [0.25, 0.3) is 11.8 Å². The van der Waals surface area contributed by atoms with Crippen LogP contribution in [0.5, 0.6) is 5.75 Å². The van der Waals surface area contributed by atoms with Crippen molar-refractivity contribution in [3.8, 4) is 5.75 Å². The van der Waals surface area contributed by atoms with E-state index in [1.54, 1.807) is 67.6 Å². The average molecular weight is 443 g/mol. The van der Waals surface area contributed by atoms with E-state index in [0.717, 1.165) is 5.56 Å². The first-order valence-corrected chi connectivity index (χ1v) is 9.98. The highest BCUT2D eigenvalue weighted by atomic mass is 35.5. The number of rotatable bonds is 6. The number of hydrogen-bond donors (Lipinski definition) is 2. The van der Waals surface area contributed by atoms with E-state index in [-0.39, 0.29) is 11.8 Å². The molecule has 30 heavy (non-hydrogen) atoms. The van der Waals surface area contributed by atoms with Gasteiger partial charge in [-0.05, 0) is 67.9 Å². The maximum absolute atomic E-state index is 12.5. The third kappa shape index (κ3) is 5.53. The van der Waals surface area contributed by atoms with Crippen molar-refractivity contribution in [3.63, 3.8) is 0 Å². The molecular weight excluding hydrogens is 423 g/mol. The Hall–Kier alpha value is -3.02. The van der Waals surface area contributed by atoms with Gasteiger partial charge in [-0.1, -0.05) is 41.4 Å². The lowest BCUT2D eigenvalue weighted by Gasteiger charge is -2.16. The Kier molecular flexibility index (Phi) is 6.98. The van der Waals surface area contributed by atoms with Crippen LogP contribution in [-0.2, 0) is 4.79 Å². The lowest BCUT2D eigenvalue weighted by Crippen LogP contribution is -2.30. The van der Waals surface area contributed by atoms with E-state index in [1.165, 1.54) is 0 Å². The van der Waals surface area contributed by atoms with Gasteiger partial charge in [-0.25, -0.2) is 0 Å². The highest BCUT2D eigenvalue weighted by Crippen LogP contribution is 2.28. The second kappa shape index (κ2) is 9.65. The van der Waals surface area contributed by atoms with E-state index in [1.807, 2.05) is 13.0 Å². The van der Waals surface area contributed by atoms with Crippen LogP contribution < -0.4 is 15.4 Å². The molecule has 0 radical (unpaired) electrons. The van der Waals surface area contributed by atoms with Gasteiger partial charge in [0, 0.05) is 22.0 Å². The minimum Gasteiger partial charge on any atom is -0.479 e. The van der Waals surface area contributed by atoms with E-state index >= 15 is 0 Å². The summed E-state index contributed by atoms with van der Waals surface area (Å²) in [4.78, 5) is 24.8. The van der Waals surface area contributed by atoms with Crippen LogP contribution in [0.4, 0.5) is 11.4 Å². The standard InChI is InChI=1S/C23H20Cl2N2O3/c1-14-12-18(9-10-20(14)27-23(29)16-6-4-3-5-7-16)26-22(28)15(2)30-21-11-8-17(24)13-19(21)25/h3-13,15H,1-2H3,(H,26,28)(H,27,29). The Morgan fingerprint density at radius 2 is 1.67 bits per heavy atom. The predicted molar refractivity (Wildman–Crippen MR) is 121 cm³/mol. The lowest BCUT2D eigenvalue weighted by atomic mass is 10.1. The topological polar surface area (TPSA) is 67.4 Å². The number of carbonyl (C=O) groups excluding carboxylic acids is 2. The van der Waals surface area contributed by atoms with Crippen molar-refractivity contribution in [2.45, 2.75) is 20.0 Å². The first-order valence-electron chi connectivity index (χ1n) is 9.23. The number of hydrogen-bond acceptors (Lipinski definition) is 3. The summed E-state index contributed by atoms with van der Waals surface area (Å²) >= 11 is 12.0. The normalized spacial score (nSPS) is 11.5. The molecule has 7 heteroatoms. The molecule has 1 atom stereocenters. The second-order valence-electron chi connectivity index (χ2n) is 6.67. The zero-order valence-corrected chi connectivity index (χ0v) is 17.9. The number of aryl methyl sites for hydroxylation is 1. The second-order valence-corrected chi connectivity index (χ2v) is 7.52. The number of carbonyl (C=O) groups is 2. The average Bonchev–Trinajstić information content (AvgIpc) is 2.72. The fourth-order valence-electron chi connectivity index (χ4n) is 2.72. The van der Waals surface area contributed by atoms with Crippen molar-refractivity contribution in [1.29, 1.82) is 0 Å². The fourth-order valence-corrected chi connectivity index (χ4v) is 3.18. The third-order valence-corrected chi connectivity index (χ3v) is 4.88. The number of benzene rings is 3. The minimum atomic E-state index is -0.776. The summed E-state index contributed by atoms with van der Waals surface area (Å²) in [6.07, 6.45) is -0.776. The molecule has 154 valence electrons. The van der Waals surface area contributed by atoms with Crippen LogP contribution in [0.1, 0.15) is 22.8 Å². The molecule has 3 rings (SSSR count). The van der Waals surface area contributed by atoms with Crippen molar-refractivity contribution < 1.29 is 14.3 Å². The SMILES string of the molecule is Cc1cc(NC(=O)C(C)Oc2ccc(Cl)cc2Cl)ccc1NC(=O)c1ccccc1. The molecule has 0 aliphatic heterocycles. The summed E-state index contributed by atoms with van der Waals surface area (Å²) in [6.45, 7) is 3.48. The van der Waals surface area contributed by atoms with Crippen LogP contribution in [0.2, 0.25) is 10.0 Å². The van der Waals surface area contributed by atoms with Crippen LogP contribution in [0.15, 0.2) is 66.7 Å². The molecule has 0 aliphatic carbocycles. The molecule has 0 aliphatic rings. The Morgan fingerprint density at radius 3 is 2.33 bits per heavy atom. The molecule has 0 bridgehead atoms. The summed E-state index contributed by atoms with van der Waals surface area (Å²) in [5.41, 5.74) is 2.64. The van der Waals surface area contributed by atoms with Crippen molar-refractivity contribution in [2.75, 3.05) is 10.6 Å². The van der Waals surface area contributed by atoms with E-state index < -0.39 is 6.10 Å². The molecule has 0 fully saturated rings. The first kappa shape index (κ1) is 21.7. The molecule has 0 spiro atoms. The van der Waals surface area contributed by atoms with Crippen LogP contribution in [0, 0.1) is 6.92 Å². The zero-order chi connectivity index (χ0) is 21.7. The van der Waals surface area contributed by atoms with Gasteiger partial charge in [0.15, 0.2) is 6.10 Å². The van der Waals surface area contributed by atoms with Gasteiger partial charge in [0.2, 0.25) is 0 Å². The summed E-state index contributed by atoms with van der Waals surface area (Å²) in [5, 5.41) is 6.49. The van der Waals surface area contributed by atoms with Crippen molar-refractivity contribution in [3.05, 3.63) is 87.9 Å². The molecule has 3 aromatic carbocycles. The number of amides is 2. The largest absolute Gasteiger partial charge is 0.479 e. The predicted octanol–water partition coefficient (Wildman–Crippen LogP) is 5.96. The van der Waals surface area contributed by atoms with Crippen LogP contribution in [0.3, 0.4) is 0 Å². The quantitative estimate of drug-likeness (QED) is 0.494. The van der Waals surface area contributed by atoms with E-state index in [0.29, 0.717) is 32.7 Å². The molecule has 3 aromatic rings. The van der Waals surface area contributed by atoms with Gasteiger partial charge >= 0.3 is 0 Å². The summed E-state index contributed by atoms with van der Waals surface area (Å²) in [6, 6.07) is 19.0. The number of anilines is 2. The van der Waals surface area contributed by atoms with Crippen LogP contribution >= 0.6 is 23.2 Å².